The van der Waals surface area contributed by atoms with Crippen LogP contribution >= 0.6 is 0 Å². The summed E-state index contributed by atoms with van der Waals surface area (Å²) in [6, 6.07) is 0. The van der Waals surface area contributed by atoms with Gasteiger partial charge in [0.15, 0.2) is 18.9 Å². The molecule has 358 valence electrons. The molecule has 17 heteroatoms. The lowest BCUT2D eigenvalue weighted by molar-refractivity contribution is -0.394. The Morgan fingerprint density at radius 3 is 1.95 bits per heavy atom. The molecule has 3 aliphatic heterocycles. The van der Waals surface area contributed by atoms with Crippen LogP contribution in [0.2, 0.25) is 0 Å². The van der Waals surface area contributed by atoms with Gasteiger partial charge in [0.25, 0.3) is 0 Å². The third-order valence-electron chi connectivity index (χ3n) is 18.4. The molecule has 0 bridgehead atoms. The van der Waals surface area contributed by atoms with E-state index >= 15 is 0 Å². The molecule has 8 rings (SSSR count). The van der Waals surface area contributed by atoms with Gasteiger partial charge in [0, 0.05) is 5.92 Å². The van der Waals surface area contributed by atoms with Crippen LogP contribution in [-0.4, -0.2) is 169 Å². The summed E-state index contributed by atoms with van der Waals surface area (Å²) in [4.78, 5) is 13.2. The average Bonchev–Trinajstić information content (AvgIpc) is 3.22. The van der Waals surface area contributed by atoms with Gasteiger partial charge in [0.1, 0.15) is 61.0 Å². The number of ether oxygens (including phenoxy) is 6. The second-order valence-corrected chi connectivity index (χ2v) is 21.7. The van der Waals surface area contributed by atoms with Crippen LogP contribution in [0.15, 0.2) is 23.8 Å². The van der Waals surface area contributed by atoms with Gasteiger partial charge in [-0.1, -0.05) is 65.3 Å². The molecule has 23 atom stereocenters. The van der Waals surface area contributed by atoms with Crippen molar-refractivity contribution >= 4 is 5.97 Å². The van der Waals surface area contributed by atoms with Crippen molar-refractivity contribution in [1.82, 2.24) is 0 Å². The minimum Gasteiger partial charge on any atom is -0.481 e. The molecule has 0 aromatic heterocycles. The number of carboxylic acids is 1. The van der Waals surface area contributed by atoms with Gasteiger partial charge < -0.3 is 79.5 Å². The van der Waals surface area contributed by atoms with E-state index in [4.69, 9.17) is 28.4 Å². The maximum atomic E-state index is 13.2. The van der Waals surface area contributed by atoms with E-state index < -0.39 is 134 Å². The molecule has 7 fully saturated rings. The normalized spacial score (nSPS) is 54.5. The predicted octanol–water partition coefficient (Wildman–Crippen LogP) is 0.731. The highest BCUT2D eigenvalue weighted by atomic mass is 16.8. The van der Waals surface area contributed by atoms with Crippen molar-refractivity contribution in [2.75, 3.05) is 19.8 Å². The zero-order valence-electron chi connectivity index (χ0n) is 37.4. The SMILES string of the molecule is C=C1CC[C@]2(C(=O)O)CC[C@]3(C)C(=CC[C@@H]4[C@@]5(C)C[C@@H](O)[C@H](O[C@@H]6O[C@H](CO)[C@@H](O)[C@H](O[C@@H]7OC[C@@H](O)[C@H](O)[C@H]7O)[C@H]6O[C@@H]6OC[C@H](O)[C@H](O)[C@H]6O)C(C)(C)[C@@H]5CC[C@]43C)[C@@H]2[C@H]1C. The van der Waals surface area contributed by atoms with Gasteiger partial charge >= 0.3 is 5.97 Å². The molecule has 17 nitrogen and oxygen atoms in total. The van der Waals surface area contributed by atoms with Crippen molar-refractivity contribution < 1.29 is 84.3 Å². The minimum atomic E-state index is -1.79. The number of aliphatic hydroxyl groups excluding tert-OH is 9. The molecule has 0 radical (unpaired) electrons. The van der Waals surface area contributed by atoms with E-state index in [2.05, 4.69) is 40.3 Å². The van der Waals surface area contributed by atoms with Gasteiger partial charge in [-0.2, -0.15) is 0 Å². The van der Waals surface area contributed by atoms with E-state index in [-0.39, 0.29) is 34.5 Å². The van der Waals surface area contributed by atoms with E-state index in [1.807, 2.05) is 13.8 Å². The number of rotatable bonds is 8. The lowest BCUT2D eigenvalue weighted by atomic mass is 9.33. The fourth-order valence-corrected chi connectivity index (χ4v) is 14.7. The number of carbonyl (C=O) groups is 1. The molecule has 0 amide bonds. The smallest absolute Gasteiger partial charge is 0.310 e. The summed E-state index contributed by atoms with van der Waals surface area (Å²) in [7, 11) is 0. The average molecular weight is 897 g/mol. The van der Waals surface area contributed by atoms with E-state index in [9.17, 15) is 55.9 Å². The van der Waals surface area contributed by atoms with Crippen LogP contribution in [0.4, 0.5) is 0 Å². The van der Waals surface area contributed by atoms with Gasteiger partial charge in [-0.15, -0.1) is 0 Å². The molecule has 0 aromatic carbocycles. The van der Waals surface area contributed by atoms with Crippen molar-refractivity contribution in [3.63, 3.8) is 0 Å². The van der Waals surface area contributed by atoms with Crippen molar-refractivity contribution in [3.05, 3.63) is 23.8 Å². The number of hydrogen-bond donors (Lipinski definition) is 10. The lowest BCUT2D eigenvalue weighted by Crippen LogP contribution is -2.69. The van der Waals surface area contributed by atoms with Gasteiger partial charge in [-0.3, -0.25) is 4.79 Å². The maximum absolute atomic E-state index is 13.2. The van der Waals surface area contributed by atoms with Gasteiger partial charge in [0.05, 0.1) is 37.4 Å². The molecule has 3 heterocycles. The van der Waals surface area contributed by atoms with E-state index in [1.54, 1.807) is 0 Å². The molecule has 5 aliphatic carbocycles. The monoisotopic (exact) mass is 896 g/mol. The second kappa shape index (κ2) is 16.8. The number of fused-ring (bicyclic) bond motifs is 7. The van der Waals surface area contributed by atoms with Crippen LogP contribution in [0.1, 0.15) is 92.9 Å². The molecule has 0 aromatic rings. The Bertz CT molecular complexity index is 1760. The number of aliphatic carboxylic acids is 1. The standard InChI is InChI=1S/C46H72O17/c1-20-10-13-46(41(56)57)15-14-44(6)22(29(46)21(20)2)8-9-28-43(5)16-23(48)37(42(3,4)27(43)11-12-45(28,44)7)63-40-36(62-39-34(55)31(52)25(50)19-59-39)35(32(53)26(17-47)60-40)61-38-33(54)30(51)24(49)18-58-38/h8,21,23-40,47-55H,1,9-19H2,2-7H3,(H,56,57)/t21-,23+,24+,25-,26+,27-,28+,29-,30-,31-,32+,33+,34+,35-,36+,37-,38-,39-,40-,43-,44+,45+,46-/m0/s1. The minimum absolute atomic E-state index is 0.00169. The molecule has 3 saturated heterocycles. The van der Waals surface area contributed by atoms with Crippen molar-refractivity contribution in [3.8, 4) is 0 Å². The number of hydrogen-bond acceptors (Lipinski definition) is 16. The molecule has 0 spiro atoms. The van der Waals surface area contributed by atoms with E-state index in [0.717, 1.165) is 31.3 Å². The first kappa shape index (κ1) is 47.8. The topological polar surface area (TPSA) is 275 Å². The zero-order valence-corrected chi connectivity index (χ0v) is 37.4. The lowest BCUT2D eigenvalue weighted by Gasteiger charge is -2.71. The highest BCUT2D eigenvalue weighted by molar-refractivity contribution is 5.77. The Kier molecular flexibility index (Phi) is 12.8. The first-order chi connectivity index (χ1) is 29.5. The number of aliphatic hydroxyl groups is 9. The van der Waals surface area contributed by atoms with Crippen LogP contribution in [0, 0.1) is 50.7 Å². The summed E-state index contributed by atoms with van der Waals surface area (Å²) in [5.74, 6) is -0.689. The number of allylic oxidation sites excluding steroid dienone is 3. The molecule has 10 N–H and O–H groups in total. The summed E-state index contributed by atoms with van der Waals surface area (Å²) < 4.78 is 36.4. The summed E-state index contributed by atoms with van der Waals surface area (Å²) in [6.45, 7) is 16.0. The van der Waals surface area contributed by atoms with Crippen molar-refractivity contribution in [1.29, 1.82) is 0 Å². The summed E-state index contributed by atoms with van der Waals surface area (Å²) in [5.41, 5.74) is -0.112. The quantitative estimate of drug-likeness (QED) is 0.119. The largest absolute Gasteiger partial charge is 0.481 e. The van der Waals surface area contributed by atoms with Crippen LogP contribution in [0.3, 0.4) is 0 Å². The molecular formula is C46H72O17. The maximum Gasteiger partial charge on any atom is 0.310 e. The van der Waals surface area contributed by atoms with Crippen molar-refractivity contribution in [2.45, 2.75) is 185 Å². The highest BCUT2D eigenvalue weighted by Gasteiger charge is 2.71. The second-order valence-electron chi connectivity index (χ2n) is 21.7. The van der Waals surface area contributed by atoms with E-state index in [0.29, 0.717) is 25.7 Å². The molecule has 0 unspecified atom stereocenters. The van der Waals surface area contributed by atoms with Crippen LogP contribution in [0.25, 0.3) is 0 Å². The number of carboxylic acid groups (broad SMARTS) is 1. The van der Waals surface area contributed by atoms with E-state index in [1.165, 1.54) is 5.57 Å². The Labute approximate surface area is 369 Å². The zero-order chi connectivity index (χ0) is 45.9. The van der Waals surface area contributed by atoms with Gasteiger partial charge in [0.2, 0.25) is 0 Å². The summed E-state index contributed by atoms with van der Waals surface area (Å²) >= 11 is 0. The Hall–Kier alpha value is -1.65. The Morgan fingerprint density at radius 1 is 0.762 bits per heavy atom. The first-order valence-corrected chi connectivity index (χ1v) is 23.0. The van der Waals surface area contributed by atoms with Crippen molar-refractivity contribution in [2.24, 2.45) is 50.7 Å². The Morgan fingerprint density at radius 2 is 1.37 bits per heavy atom. The van der Waals surface area contributed by atoms with Crippen LogP contribution in [-0.2, 0) is 33.2 Å². The third-order valence-corrected chi connectivity index (χ3v) is 18.4. The van der Waals surface area contributed by atoms with Gasteiger partial charge in [-0.25, -0.2) is 0 Å². The summed E-state index contributed by atoms with van der Waals surface area (Å²) in [5, 5.41) is 108. The van der Waals surface area contributed by atoms with Gasteiger partial charge in [-0.05, 0) is 90.8 Å². The molecular weight excluding hydrogens is 824 g/mol. The summed E-state index contributed by atoms with van der Waals surface area (Å²) in [6.07, 6.45) is -15.1. The molecule has 63 heavy (non-hydrogen) atoms. The first-order valence-electron chi connectivity index (χ1n) is 23.0. The third kappa shape index (κ3) is 7.25. The molecule has 8 aliphatic rings. The molecule has 4 saturated carbocycles. The fraction of sp³-hybridized carbons (Fsp3) is 0.891. The van der Waals surface area contributed by atoms with Crippen LogP contribution in [0.5, 0.6) is 0 Å². The van der Waals surface area contributed by atoms with Crippen LogP contribution < -0.4 is 0 Å². The fourth-order valence-electron chi connectivity index (χ4n) is 14.7. The predicted molar refractivity (Wildman–Crippen MR) is 220 cm³/mol. The Balaban J connectivity index is 1.10. The highest BCUT2D eigenvalue weighted by Crippen LogP contribution is 2.76.